The molecule has 0 saturated carbocycles. The second-order valence-corrected chi connectivity index (χ2v) is 6.06. The topological polar surface area (TPSA) is 95.5 Å². The van der Waals surface area contributed by atoms with E-state index in [1.807, 2.05) is 20.1 Å². The summed E-state index contributed by atoms with van der Waals surface area (Å²) >= 11 is 1.68. The molecule has 0 aromatic carbocycles. The number of urea groups is 1. The number of aliphatic carboxylic acids is 1. The summed E-state index contributed by atoms with van der Waals surface area (Å²) in [6.07, 6.45) is 3.78. The number of nitrogens with one attached hydrogen (secondary N) is 2. The number of hydrogen-bond acceptors (Lipinski definition) is 4. The fourth-order valence-corrected chi connectivity index (χ4v) is 2.47. The zero-order chi connectivity index (χ0) is 16.6. The monoisotopic (exact) mass is 316 g/mol. The first-order valence-corrected chi connectivity index (χ1v) is 8.00. The van der Waals surface area contributed by atoms with Gasteiger partial charge in [0.15, 0.2) is 0 Å². The molecule has 0 aromatic rings. The second-order valence-electron chi connectivity index (χ2n) is 4.79. The Morgan fingerprint density at radius 2 is 1.62 bits per heavy atom. The Morgan fingerprint density at radius 1 is 1.10 bits per heavy atom. The molecule has 0 aliphatic heterocycles. The average Bonchev–Trinajstić information content (AvgIpc) is 2.47. The van der Waals surface area contributed by atoms with Crippen LogP contribution in [-0.2, 0) is 9.59 Å². The molecular weight excluding hydrogens is 292 g/mol. The standard InChI is InChI=1S/C14H24N2O4S/c1-6-14(7-2,21-5)8-15-13(20)16-11(17)9(3)10(4)12(18)19/h6-8H2,1-5H3,(H,18,19)(H2,15,16,17,20). The summed E-state index contributed by atoms with van der Waals surface area (Å²) in [5.41, 5.74) is -0.0689. The summed E-state index contributed by atoms with van der Waals surface area (Å²) in [4.78, 5) is 34.2. The first-order valence-electron chi connectivity index (χ1n) is 6.78. The summed E-state index contributed by atoms with van der Waals surface area (Å²) in [6, 6.07) is -0.613. The Morgan fingerprint density at radius 3 is 2.00 bits per heavy atom. The Hall–Kier alpha value is -1.50. The van der Waals surface area contributed by atoms with Gasteiger partial charge in [-0.25, -0.2) is 9.59 Å². The number of amides is 3. The number of hydrogen-bond donors (Lipinski definition) is 3. The van der Waals surface area contributed by atoms with Gasteiger partial charge in [0.1, 0.15) is 0 Å². The number of carbonyl (C=O) groups excluding carboxylic acids is 2. The lowest BCUT2D eigenvalue weighted by Gasteiger charge is -2.29. The van der Waals surface area contributed by atoms with Crippen molar-refractivity contribution in [2.45, 2.75) is 45.3 Å². The van der Waals surface area contributed by atoms with E-state index in [0.29, 0.717) is 6.54 Å². The summed E-state index contributed by atoms with van der Waals surface area (Å²) < 4.78 is -0.0533. The van der Waals surface area contributed by atoms with E-state index in [2.05, 4.69) is 10.6 Å². The molecule has 0 aliphatic carbocycles. The highest BCUT2D eigenvalue weighted by Crippen LogP contribution is 2.29. The van der Waals surface area contributed by atoms with Crippen molar-refractivity contribution in [3.8, 4) is 0 Å². The molecule has 0 spiro atoms. The predicted molar refractivity (Wildman–Crippen MR) is 84.4 cm³/mol. The zero-order valence-electron chi connectivity index (χ0n) is 13.2. The minimum Gasteiger partial charge on any atom is -0.478 e. The van der Waals surface area contributed by atoms with E-state index in [4.69, 9.17) is 5.11 Å². The van der Waals surface area contributed by atoms with Gasteiger partial charge >= 0.3 is 12.0 Å². The number of thioether (sulfide) groups is 1. The number of carboxylic acid groups (broad SMARTS) is 1. The van der Waals surface area contributed by atoms with Crippen LogP contribution < -0.4 is 10.6 Å². The Bertz CT molecular complexity index is 434. The van der Waals surface area contributed by atoms with Crippen LogP contribution in [0.1, 0.15) is 40.5 Å². The molecule has 3 N–H and O–H groups in total. The molecule has 120 valence electrons. The number of carboxylic acids is 1. The lowest BCUT2D eigenvalue weighted by atomic mass is 10.0. The van der Waals surface area contributed by atoms with Crippen molar-refractivity contribution in [3.05, 3.63) is 11.1 Å². The van der Waals surface area contributed by atoms with Crippen molar-refractivity contribution in [3.63, 3.8) is 0 Å². The summed E-state index contributed by atoms with van der Waals surface area (Å²) in [6.45, 7) is 7.24. The Balaban J connectivity index is 4.62. The molecule has 0 radical (unpaired) electrons. The van der Waals surface area contributed by atoms with Crippen molar-refractivity contribution < 1.29 is 19.5 Å². The number of rotatable bonds is 7. The fourth-order valence-electron chi connectivity index (χ4n) is 1.67. The Kier molecular flexibility index (Phi) is 8.09. The number of carbonyl (C=O) groups is 3. The van der Waals surface area contributed by atoms with E-state index in [1.165, 1.54) is 13.8 Å². The van der Waals surface area contributed by atoms with Crippen LogP contribution in [0.2, 0.25) is 0 Å². The van der Waals surface area contributed by atoms with Gasteiger partial charge in [0.25, 0.3) is 5.91 Å². The third-order valence-corrected chi connectivity index (χ3v) is 5.33. The molecule has 0 bridgehead atoms. The molecule has 0 aliphatic rings. The molecule has 6 nitrogen and oxygen atoms in total. The van der Waals surface area contributed by atoms with Gasteiger partial charge in [-0.3, -0.25) is 10.1 Å². The molecule has 21 heavy (non-hydrogen) atoms. The van der Waals surface area contributed by atoms with Gasteiger partial charge in [-0.05, 0) is 32.9 Å². The highest BCUT2D eigenvalue weighted by Gasteiger charge is 2.25. The van der Waals surface area contributed by atoms with Gasteiger partial charge in [-0.2, -0.15) is 11.8 Å². The molecule has 0 aromatic heterocycles. The highest BCUT2D eigenvalue weighted by molar-refractivity contribution is 8.00. The van der Waals surface area contributed by atoms with Gasteiger partial charge in [0, 0.05) is 22.4 Å². The van der Waals surface area contributed by atoms with E-state index < -0.39 is 17.9 Å². The van der Waals surface area contributed by atoms with Gasteiger partial charge in [0.05, 0.1) is 0 Å². The van der Waals surface area contributed by atoms with Crippen molar-refractivity contribution >= 4 is 29.7 Å². The molecule has 0 saturated heterocycles. The van der Waals surface area contributed by atoms with Crippen LogP contribution in [0.5, 0.6) is 0 Å². The van der Waals surface area contributed by atoms with Crippen molar-refractivity contribution in [2.75, 3.05) is 12.8 Å². The maximum absolute atomic E-state index is 11.7. The van der Waals surface area contributed by atoms with Crippen molar-refractivity contribution in [1.82, 2.24) is 10.6 Å². The molecule has 0 unspecified atom stereocenters. The van der Waals surface area contributed by atoms with Crippen molar-refractivity contribution in [2.24, 2.45) is 0 Å². The van der Waals surface area contributed by atoms with E-state index in [9.17, 15) is 14.4 Å². The minimum atomic E-state index is -1.18. The maximum atomic E-state index is 11.7. The first kappa shape index (κ1) is 19.5. The summed E-state index contributed by atoms with van der Waals surface area (Å²) in [5, 5.41) is 13.6. The van der Waals surface area contributed by atoms with Gasteiger partial charge in [-0.1, -0.05) is 13.8 Å². The lowest BCUT2D eigenvalue weighted by molar-refractivity contribution is -0.133. The predicted octanol–water partition coefficient (Wildman–Crippen LogP) is 2.16. The van der Waals surface area contributed by atoms with Gasteiger partial charge < -0.3 is 10.4 Å². The van der Waals surface area contributed by atoms with E-state index in [0.717, 1.165) is 12.8 Å². The van der Waals surface area contributed by atoms with Crippen LogP contribution in [0.4, 0.5) is 4.79 Å². The largest absolute Gasteiger partial charge is 0.478 e. The van der Waals surface area contributed by atoms with Gasteiger partial charge in [0.2, 0.25) is 0 Å². The molecule has 7 heteroatoms. The zero-order valence-corrected chi connectivity index (χ0v) is 14.0. The molecule has 3 amide bonds. The molecule has 0 heterocycles. The Labute approximate surface area is 129 Å². The molecule has 0 atom stereocenters. The van der Waals surface area contributed by atoms with Crippen molar-refractivity contribution in [1.29, 1.82) is 0 Å². The molecule has 0 rings (SSSR count). The average molecular weight is 316 g/mol. The fraction of sp³-hybridized carbons (Fsp3) is 0.643. The smallest absolute Gasteiger partial charge is 0.331 e. The second kappa shape index (κ2) is 8.71. The van der Waals surface area contributed by atoms with E-state index in [1.54, 1.807) is 11.8 Å². The maximum Gasteiger partial charge on any atom is 0.331 e. The highest BCUT2D eigenvalue weighted by atomic mass is 32.2. The van der Waals surface area contributed by atoms with Crippen LogP contribution in [0.25, 0.3) is 0 Å². The van der Waals surface area contributed by atoms with Crippen LogP contribution in [0.3, 0.4) is 0 Å². The van der Waals surface area contributed by atoms with E-state index >= 15 is 0 Å². The quantitative estimate of drug-likeness (QED) is 0.626. The minimum absolute atomic E-state index is 0.0137. The van der Waals surface area contributed by atoms with Crippen LogP contribution in [-0.4, -0.2) is 40.6 Å². The lowest BCUT2D eigenvalue weighted by Crippen LogP contribution is -2.46. The third kappa shape index (κ3) is 5.79. The molecular formula is C14H24N2O4S. The summed E-state index contributed by atoms with van der Waals surface area (Å²) in [7, 11) is 0. The van der Waals surface area contributed by atoms with Gasteiger partial charge in [-0.15, -0.1) is 0 Å². The third-order valence-electron chi connectivity index (χ3n) is 3.74. The first-order chi connectivity index (χ1) is 9.72. The molecule has 0 fully saturated rings. The van der Waals surface area contributed by atoms with E-state index in [-0.39, 0.29) is 15.9 Å². The van der Waals surface area contributed by atoms with Crippen LogP contribution >= 0.6 is 11.8 Å². The SMILES string of the molecule is CCC(CC)(CNC(=O)NC(=O)C(C)=C(C)C(=O)O)SC. The van der Waals surface area contributed by atoms with Crippen LogP contribution in [0, 0.1) is 0 Å². The normalized spacial score (nSPS) is 12.4. The summed E-state index contributed by atoms with van der Waals surface area (Å²) in [5.74, 6) is -1.88. The van der Waals surface area contributed by atoms with Crippen LogP contribution in [0.15, 0.2) is 11.1 Å². The number of imide groups is 1.